The van der Waals surface area contributed by atoms with Gasteiger partial charge < -0.3 is 19.7 Å². The number of halogens is 1. The number of fused-ring (bicyclic) bond motifs is 3. The van der Waals surface area contributed by atoms with Crippen LogP contribution in [-0.2, 0) is 16.0 Å². The average molecular weight is 584 g/mol. The molecule has 0 aromatic heterocycles. The summed E-state index contributed by atoms with van der Waals surface area (Å²) in [5.41, 5.74) is 7.41. The lowest BCUT2D eigenvalue weighted by Crippen LogP contribution is -2.29. The largest absolute Gasteiger partial charge is 0.493 e. The van der Waals surface area contributed by atoms with Crippen LogP contribution in [0.5, 0.6) is 5.75 Å². The Balaban J connectivity index is 1.77. The molecule has 0 amide bonds. The van der Waals surface area contributed by atoms with E-state index in [0.29, 0.717) is 6.61 Å². The van der Waals surface area contributed by atoms with E-state index < -0.39 is 5.60 Å². The van der Waals surface area contributed by atoms with E-state index in [1.165, 1.54) is 27.9 Å². The number of nitrogens with one attached hydrogen (secondary N) is 1. The molecular weight excluding hydrogens is 551 g/mol. The molecule has 35 heavy (non-hydrogen) atoms. The fourth-order valence-electron chi connectivity index (χ4n) is 4.60. The first-order chi connectivity index (χ1) is 16.7. The second-order valence-corrected chi connectivity index (χ2v) is 10.9. The van der Waals surface area contributed by atoms with E-state index in [1.807, 2.05) is 46.0 Å². The minimum atomic E-state index is -0.501. The van der Waals surface area contributed by atoms with Crippen LogP contribution in [0.3, 0.4) is 0 Å². The van der Waals surface area contributed by atoms with Crippen LogP contribution in [0, 0.1) is 0 Å². The summed E-state index contributed by atoms with van der Waals surface area (Å²) >= 11 is 2.31. The van der Waals surface area contributed by atoms with Gasteiger partial charge in [0.15, 0.2) is 0 Å². The van der Waals surface area contributed by atoms with Gasteiger partial charge in [0.2, 0.25) is 0 Å². The maximum atomic E-state index is 12.6. The summed E-state index contributed by atoms with van der Waals surface area (Å²) in [4.78, 5) is 14.9. The lowest BCUT2D eigenvalue weighted by Gasteiger charge is -2.38. The Morgan fingerprint density at radius 2 is 1.74 bits per heavy atom. The Bertz CT molecular complexity index is 1200. The molecule has 184 valence electrons. The lowest BCUT2D eigenvalue weighted by molar-refractivity contribution is -0.153. The number of hydrogen-bond acceptors (Lipinski definition) is 5. The summed E-state index contributed by atoms with van der Waals surface area (Å²) < 4.78 is 12.3. The van der Waals surface area contributed by atoms with Crippen LogP contribution in [0.2, 0.25) is 0 Å². The summed E-state index contributed by atoms with van der Waals surface area (Å²) in [6, 6.07) is 21.2. The van der Waals surface area contributed by atoms with E-state index in [4.69, 9.17) is 9.47 Å². The van der Waals surface area contributed by atoms with Gasteiger partial charge in [-0.2, -0.15) is 0 Å². The lowest BCUT2D eigenvalue weighted by atomic mass is 9.84. The fraction of sp³-hybridized carbons (Fsp3) is 0.345. The highest BCUT2D eigenvalue weighted by molar-refractivity contribution is 14.1. The number of hydrogen-bond donors (Lipinski definition) is 1. The molecule has 6 heteroatoms. The monoisotopic (exact) mass is 584 g/mol. The number of rotatable bonds is 7. The Hall–Kier alpha value is -2.74. The van der Waals surface area contributed by atoms with Crippen LogP contribution in [0.25, 0.3) is 11.1 Å². The van der Waals surface area contributed by atoms with Gasteiger partial charge in [0.05, 0.1) is 19.1 Å². The second kappa shape index (κ2) is 10.5. The number of carbonyl (C=O) groups is 1. The number of alkyl halides is 1. The number of anilines is 2. The number of esters is 1. The van der Waals surface area contributed by atoms with Gasteiger partial charge in [-0.3, -0.25) is 4.79 Å². The SMILES string of the molecule is CNc1ccc2c(c1)N(C)C(c1ccc(OCCI)cc1)c1cc(CC(=O)OC(C)(C)C)ccc1-2. The molecule has 0 saturated heterocycles. The highest BCUT2D eigenvalue weighted by atomic mass is 127. The van der Waals surface area contributed by atoms with Gasteiger partial charge in [0.1, 0.15) is 11.4 Å². The Labute approximate surface area is 222 Å². The van der Waals surface area contributed by atoms with Gasteiger partial charge in [-0.25, -0.2) is 0 Å². The maximum Gasteiger partial charge on any atom is 0.310 e. The third kappa shape index (κ3) is 5.74. The van der Waals surface area contributed by atoms with Crippen LogP contribution in [0.15, 0.2) is 60.7 Å². The van der Waals surface area contributed by atoms with Gasteiger partial charge in [-0.1, -0.05) is 59.0 Å². The van der Waals surface area contributed by atoms with Crippen LogP contribution in [0.4, 0.5) is 11.4 Å². The predicted octanol–water partition coefficient (Wildman–Crippen LogP) is 6.63. The van der Waals surface area contributed by atoms with Crippen LogP contribution in [-0.4, -0.2) is 36.7 Å². The summed E-state index contributed by atoms with van der Waals surface area (Å²) in [5, 5.41) is 3.26. The highest BCUT2D eigenvalue weighted by Gasteiger charge is 2.31. The van der Waals surface area contributed by atoms with E-state index >= 15 is 0 Å². The molecule has 3 aromatic carbocycles. The summed E-state index contributed by atoms with van der Waals surface area (Å²) in [5.74, 6) is 0.662. The molecule has 0 spiro atoms. The topological polar surface area (TPSA) is 50.8 Å². The number of carbonyl (C=O) groups excluding carboxylic acids is 1. The summed E-state index contributed by atoms with van der Waals surface area (Å²) in [6.07, 6.45) is 0.246. The van der Waals surface area contributed by atoms with Crippen molar-refractivity contribution in [2.24, 2.45) is 0 Å². The van der Waals surface area contributed by atoms with E-state index in [-0.39, 0.29) is 18.4 Å². The molecule has 1 N–H and O–H groups in total. The quantitative estimate of drug-likeness (QED) is 0.192. The molecule has 0 bridgehead atoms. The van der Waals surface area contributed by atoms with Crippen LogP contribution in [0.1, 0.15) is 43.5 Å². The van der Waals surface area contributed by atoms with Crippen molar-refractivity contribution in [1.82, 2.24) is 0 Å². The van der Waals surface area contributed by atoms with Crippen molar-refractivity contribution in [1.29, 1.82) is 0 Å². The third-order valence-corrected chi connectivity index (χ3v) is 6.51. The standard InChI is InChI=1S/C29H33IN2O3/c1-29(2,3)35-27(33)17-19-6-12-23-24-13-9-21(31-4)18-26(24)32(5)28(25(23)16-19)20-7-10-22(11-8-20)34-15-14-30/h6-13,16,18,28,31H,14-15,17H2,1-5H3. The van der Waals surface area contributed by atoms with Crippen LogP contribution < -0.4 is 15.0 Å². The molecule has 0 aliphatic carbocycles. The number of ether oxygens (including phenoxy) is 2. The van der Waals surface area contributed by atoms with Crippen molar-refractivity contribution in [3.63, 3.8) is 0 Å². The third-order valence-electron chi connectivity index (χ3n) is 6.06. The number of benzene rings is 3. The van der Waals surface area contributed by atoms with Crippen molar-refractivity contribution in [3.05, 3.63) is 77.4 Å². The van der Waals surface area contributed by atoms with Gasteiger partial charge in [0.25, 0.3) is 0 Å². The second-order valence-electron chi connectivity index (χ2n) is 9.79. The molecule has 1 unspecified atom stereocenters. The van der Waals surface area contributed by atoms with E-state index in [9.17, 15) is 4.79 Å². The van der Waals surface area contributed by atoms with E-state index in [2.05, 4.69) is 82.3 Å². The van der Waals surface area contributed by atoms with E-state index in [0.717, 1.165) is 21.4 Å². The Morgan fingerprint density at radius 1 is 1.03 bits per heavy atom. The predicted molar refractivity (Wildman–Crippen MR) is 152 cm³/mol. The molecule has 0 radical (unpaired) electrons. The van der Waals surface area contributed by atoms with Crippen LogP contribution >= 0.6 is 22.6 Å². The van der Waals surface area contributed by atoms with Crippen molar-refractivity contribution >= 4 is 39.9 Å². The Kier molecular flexibility index (Phi) is 7.59. The molecule has 1 heterocycles. The van der Waals surface area contributed by atoms with Crippen molar-refractivity contribution in [2.45, 2.75) is 38.8 Å². The van der Waals surface area contributed by atoms with Crippen molar-refractivity contribution < 1.29 is 14.3 Å². The van der Waals surface area contributed by atoms with Gasteiger partial charge in [-0.05, 0) is 67.3 Å². The zero-order valence-electron chi connectivity index (χ0n) is 21.0. The van der Waals surface area contributed by atoms with Crippen molar-refractivity contribution in [2.75, 3.05) is 35.3 Å². The zero-order chi connectivity index (χ0) is 25.2. The minimum Gasteiger partial charge on any atom is -0.493 e. The van der Waals surface area contributed by atoms with Gasteiger partial charge in [-0.15, -0.1) is 0 Å². The smallest absolute Gasteiger partial charge is 0.310 e. The first-order valence-corrected chi connectivity index (χ1v) is 13.4. The summed E-state index contributed by atoms with van der Waals surface area (Å²) in [6.45, 7) is 6.38. The average Bonchev–Trinajstić information content (AvgIpc) is 2.82. The maximum absolute atomic E-state index is 12.6. The molecule has 3 aromatic rings. The molecule has 5 nitrogen and oxygen atoms in total. The molecular formula is C29H33IN2O3. The van der Waals surface area contributed by atoms with E-state index in [1.54, 1.807) is 0 Å². The Morgan fingerprint density at radius 3 is 2.40 bits per heavy atom. The fourth-order valence-corrected chi connectivity index (χ4v) is 4.82. The zero-order valence-corrected chi connectivity index (χ0v) is 23.2. The molecule has 1 aliphatic rings. The first-order valence-electron chi connectivity index (χ1n) is 11.9. The molecule has 4 rings (SSSR count). The van der Waals surface area contributed by atoms with Gasteiger partial charge in [0, 0.05) is 35.5 Å². The summed E-state index contributed by atoms with van der Waals surface area (Å²) in [7, 11) is 4.07. The highest BCUT2D eigenvalue weighted by Crippen LogP contribution is 2.47. The normalized spacial score (nSPS) is 14.7. The molecule has 1 atom stereocenters. The van der Waals surface area contributed by atoms with Gasteiger partial charge >= 0.3 is 5.97 Å². The molecule has 1 aliphatic heterocycles. The van der Waals surface area contributed by atoms with Crippen molar-refractivity contribution in [3.8, 4) is 16.9 Å². The number of nitrogens with zero attached hydrogens (tertiary/aromatic N) is 1. The molecule has 0 fully saturated rings. The first kappa shape index (κ1) is 25.4. The minimum absolute atomic E-state index is 0.00168. The molecule has 0 saturated carbocycles.